The fourth-order valence-corrected chi connectivity index (χ4v) is 0.932. The Kier molecular flexibility index (Phi) is 6.84. The van der Waals surface area contributed by atoms with Crippen LogP contribution in [-0.2, 0) is 9.59 Å². The lowest BCUT2D eigenvalue weighted by molar-refractivity contribution is -0.155. The van der Waals surface area contributed by atoms with Gasteiger partial charge in [0, 0.05) is 6.54 Å². The molecule has 1 atom stereocenters. The van der Waals surface area contributed by atoms with Crippen molar-refractivity contribution in [3.63, 3.8) is 0 Å². The van der Waals surface area contributed by atoms with Crippen molar-refractivity contribution in [1.82, 2.24) is 16.0 Å². The van der Waals surface area contributed by atoms with Gasteiger partial charge in [0.15, 0.2) is 5.60 Å². The quantitative estimate of drug-likeness (QED) is 0.402. The number of hydrogen-bond donors (Lipinski definition) is 5. The summed E-state index contributed by atoms with van der Waals surface area (Å²) in [5.74, 6) is -1.47. The van der Waals surface area contributed by atoms with Gasteiger partial charge in [0.25, 0.3) is 0 Å². The summed E-state index contributed by atoms with van der Waals surface area (Å²) in [6, 6.07) is -0.721. The molecule has 0 aliphatic carbocycles. The van der Waals surface area contributed by atoms with Gasteiger partial charge in [0.05, 0.1) is 13.1 Å². The lowest BCUT2D eigenvalue weighted by atomic mass is 10.1. The normalized spacial score (nSPS) is 13.5. The molecule has 0 aromatic rings. The third kappa shape index (κ3) is 7.98. The molecule has 0 radical (unpaired) electrons. The van der Waals surface area contributed by atoms with E-state index in [2.05, 4.69) is 16.0 Å². The predicted octanol–water partition coefficient (Wildman–Crippen LogP) is -1.11. The van der Waals surface area contributed by atoms with Crippen molar-refractivity contribution in [2.45, 2.75) is 26.4 Å². The highest BCUT2D eigenvalue weighted by Gasteiger charge is 2.30. The van der Waals surface area contributed by atoms with Gasteiger partial charge in [0.2, 0.25) is 5.91 Å². The fourth-order valence-electron chi connectivity index (χ4n) is 0.932. The Morgan fingerprint density at radius 1 is 1.16 bits per heavy atom. The first-order valence-corrected chi connectivity index (χ1v) is 5.89. The zero-order valence-corrected chi connectivity index (χ0v) is 11.3. The van der Waals surface area contributed by atoms with Gasteiger partial charge in [0.1, 0.15) is 0 Å². The molecule has 0 aromatic heterocycles. The Labute approximate surface area is 111 Å². The summed E-state index contributed by atoms with van der Waals surface area (Å²) in [6.07, 6.45) is 0. The van der Waals surface area contributed by atoms with Crippen LogP contribution in [0, 0.1) is 5.92 Å². The maximum Gasteiger partial charge on any atom is 0.337 e. The van der Waals surface area contributed by atoms with Crippen LogP contribution < -0.4 is 16.0 Å². The molecular formula is C11H21N3O5. The summed E-state index contributed by atoms with van der Waals surface area (Å²) >= 11 is 0. The van der Waals surface area contributed by atoms with Gasteiger partial charge >= 0.3 is 12.0 Å². The second-order valence-electron chi connectivity index (χ2n) is 4.81. The highest BCUT2D eigenvalue weighted by Crippen LogP contribution is 2.00. The molecule has 0 heterocycles. The lowest BCUT2D eigenvalue weighted by Gasteiger charge is -2.18. The average molecular weight is 275 g/mol. The molecule has 19 heavy (non-hydrogen) atoms. The Balaban J connectivity index is 3.88. The van der Waals surface area contributed by atoms with E-state index >= 15 is 0 Å². The van der Waals surface area contributed by atoms with Crippen LogP contribution in [0.1, 0.15) is 20.8 Å². The van der Waals surface area contributed by atoms with Crippen molar-refractivity contribution in [2.75, 3.05) is 19.6 Å². The number of carboxylic acid groups (broad SMARTS) is 1. The van der Waals surface area contributed by atoms with Crippen LogP contribution in [0.3, 0.4) is 0 Å². The first-order valence-electron chi connectivity index (χ1n) is 5.89. The van der Waals surface area contributed by atoms with Crippen LogP contribution in [0.25, 0.3) is 0 Å². The number of aliphatic hydroxyl groups is 1. The van der Waals surface area contributed by atoms with E-state index in [1.807, 2.05) is 13.8 Å². The minimum atomic E-state index is -2.04. The Morgan fingerprint density at radius 2 is 1.74 bits per heavy atom. The van der Waals surface area contributed by atoms with Crippen molar-refractivity contribution in [1.29, 1.82) is 0 Å². The van der Waals surface area contributed by atoms with E-state index in [9.17, 15) is 19.5 Å². The van der Waals surface area contributed by atoms with E-state index in [1.165, 1.54) is 0 Å². The maximum absolute atomic E-state index is 11.3. The molecule has 0 saturated carbocycles. The van der Waals surface area contributed by atoms with Gasteiger partial charge in [-0.2, -0.15) is 0 Å². The molecule has 0 aromatic carbocycles. The maximum atomic E-state index is 11.3. The van der Waals surface area contributed by atoms with Gasteiger partial charge in [-0.1, -0.05) is 13.8 Å². The van der Waals surface area contributed by atoms with E-state index in [0.29, 0.717) is 12.5 Å². The van der Waals surface area contributed by atoms with E-state index in [4.69, 9.17) is 5.11 Å². The predicted molar refractivity (Wildman–Crippen MR) is 67.5 cm³/mol. The molecule has 8 nitrogen and oxygen atoms in total. The van der Waals surface area contributed by atoms with Crippen LogP contribution in [-0.4, -0.2) is 53.4 Å². The van der Waals surface area contributed by atoms with E-state index in [0.717, 1.165) is 6.92 Å². The second-order valence-corrected chi connectivity index (χ2v) is 4.81. The zero-order chi connectivity index (χ0) is 15.1. The van der Waals surface area contributed by atoms with Gasteiger partial charge in [-0.05, 0) is 12.8 Å². The molecule has 5 N–H and O–H groups in total. The Morgan fingerprint density at radius 3 is 2.21 bits per heavy atom. The van der Waals surface area contributed by atoms with Crippen molar-refractivity contribution in [3.05, 3.63) is 0 Å². The van der Waals surface area contributed by atoms with Crippen molar-refractivity contribution < 1.29 is 24.6 Å². The largest absolute Gasteiger partial charge is 0.479 e. The zero-order valence-electron chi connectivity index (χ0n) is 11.3. The van der Waals surface area contributed by atoms with Crippen LogP contribution in [0.5, 0.6) is 0 Å². The molecule has 0 spiro atoms. The molecule has 3 amide bonds. The number of rotatable bonds is 7. The van der Waals surface area contributed by atoms with Crippen LogP contribution in [0.4, 0.5) is 4.79 Å². The van der Waals surface area contributed by atoms with E-state index < -0.39 is 24.1 Å². The van der Waals surface area contributed by atoms with Gasteiger partial charge in [-0.15, -0.1) is 0 Å². The molecule has 0 aliphatic rings. The molecule has 0 saturated heterocycles. The van der Waals surface area contributed by atoms with Crippen LogP contribution in [0.15, 0.2) is 0 Å². The average Bonchev–Trinajstić information content (AvgIpc) is 2.31. The van der Waals surface area contributed by atoms with Crippen LogP contribution >= 0.6 is 0 Å². The Bertz CT molecular complexity index is 341. The third-order valence-electron chi connectivity index (χ3n) is 2.17. The van der Waals surface area contributed by atoms with Crippen molar-refractivity contribution >= 4 is 17.9 Å². The van der Waals surface area contributed by atoms with E-state index in [1.54, 1.807) is 0 Å². The number of nitrogens with one attached hydrogen (secondary N) is 3. The number of aliphatic carboxylic acids is 1. The molecule has 0 rings (SSSR count). The van der Waals surface area contributed by atoms with Gasteiger partial charge < -0.3 is 26.2 Å². The number of urea groups is 1. The molecule has 110 valence electrons. The van der Waals surface area contributed by atoms with Crippen molar-refractivity contribution in [2.24, 2.45) is 5.92 Å². The highest BCUT2D eigenvalue weighted by atomic mass is 16.4. The van der Waals surface area contributed by atoms with Crippen molar-refractivity contribution in [3.8, 4) is 0 Å². The Hall–Kier alpha value is -1.83. The molecule has 0 aliphatic heterocycles. The first kappa shape index (κ1) is 17.2. The van der Waals surface area contributed by atoms with Gasteiger partial charge in [-0.25, -0.2) is 9.59 Å². The highest BCUT2D eigenvalue weighted by molar-refractivity contribution is 5.84. The summed E-state index contributed by atoms with van der Waals surface area (Å²) in [7, 11) is 0. The molecular weight excluding hydrogens is 254 g/mol. The molecule has 0 bridgehead atoms. The number of carboxylic acids is 1. The molecule has 8 heteroatoms. The van der Waals surface area contributed by atoms with E-state index in [-0.39, 0.29) is 12.5 Å². The summed E-state index contributed by atoms with van der Waals surface area (Å²) < 4.78 is 0. The number of amides is 3. The third-order valence-corrected chi connectivity index (χ3v) is 2.17. The number of carbonyl (C=O) groups is 3. The summed E-state index contributed by atoms with van der Waals surface area (Å²) in [4.78, 5) is 33.1. The smallest absolute Gasteiger partial charge is 0.337 e. The lowest BCUT2D eigenvalue weighted by Crippen LogP contribution is -2.50. The second kappa shape index (κ2) is 7.57. The standard InChI is InChI=1S/C11H21N3O5/c1-7(2)4-12-8(15)5-13-10(18)14-6-11(3,19)9(16)17/h7,19H,4-6H2,1-3H3,(H,12,15)(H,16,17)(H2,13,14,18). The molecule has 0 fully saturated rings. The minimum Gasteiger partial charge on any atom is -0.479 e. The topological polar surface area (TPSA) is 128 Å². The summed E-state index contributed by atoms with van der Waals surface area (Å²) in [5.41, 5.74) is -2.04. The summed E-state index contributed by atoms with van der Waals surface area (Å²) in [5, 5.41) is 25.0. The minimum absolute atomic E-state index is 0.215. The number of hydrogen-bond acceptors (Lipinski definition) is 4. The summed E-state index contributed by atoms with van der Waals surface area (Å²) in [6.45, 7) is 4.78. The van der Waals surface area contributed by atoms with Crippen LogP contribution in [0.2, 0.25) is 0 Å². The van der Waals surface area contributed by atoms with Gasteiger partial charge in [-0.3, -0.25) is 4.79 Å². The monoisotopic (exact) mass is 275 g/mol. The fraction of sp³-hybridized carbons (Fsp3) is 0.727. The first-order chi connectivity index (χ1) is 8.65. The number of carbonyl (C=O) groups excluding carboxylic acids is 2. The SMILES string of the molecule is CC(C)CNC(=O)CNC(=O)NCC(C)(O)C(=O)O. The molecule has 1 unspecified atom stereocenters.